The molecule has 0 radical (unpaired) electrons. The number of nitrogens with one attached hydrogen (secondary N) is 2. The summed E-state index contributed by atoms with van der Waals surface area (Å²) in [6, 6.07) is 7.65. The van der Waals surface area contributed by atoms with Gasteiger partial charge in [0.2, 0.25) is 5.91 Å². The number of halogens is 1. The topological polar surface area (TPSA) is 91.2 Å². The molecule has 0 bridgehead atoms. The largest absolute Gasteiger partial charge is 0.469 e. The highest BCUT2D eigenvalue weighted by atomic mass is 19.1. The van der Waals surface area contributed by atoms with Crippen LogP contribution in [0.3, 0.4) is 0 Å². The zero-order valence-corrected chi connectivity index (χ0v) is 16.7. The van der Waals surface area contributed by atoms with Gasteiger partial charge in [-0.05, 0) is 44.4 Å². The number of amides is 2. The number of hydrogen-bond donors (Lipinski definition) is 2. The number of furan rings is 1. The van der Waals surface area contributed by atoms with Gasteiger partial charge in [-0.15, -0.1) is 0 Å². The molecular formula is C22H23FN4O3. The lowest BCUT2D eigenvalue weighted by Gasteiger charge is -2.34. The normalized spacial score (nSPS) is 16.5. The number of aromatic nitrogens is 2. The van der Waals surface area contributed by atoms with Gasteiger partial charge in [-0.1, -0.05) is 12.1 Å². The summed E-state index contributed by atoms with van der Waals surface area (Å²) in [6.45, 7) is 2.20. The second-order valence-electron chi connectivity index (χ2n) is 7.36. The Hall–Kier alpha value is -3.42. The van der Waals surface area contributed by atoms with Crippen molar-refractivity contribution in [2.75, 3.05) is 13.1 Å². The molecule has 3 heterocycles. The maximum atomic E-state index is 13.5. The number of nitrogens with zero attached hydrogens (tertiary/aromatic N) is 2. The lowest BCUT2D eigenvalue weighted by molar-refractivity contribution is -0.134. The van der Waals surface area contributed by atoms with Crippen molar-refractivity contribution >= 4 is 11.8 Å². The minimum absolute atomic E-state index is 0.0998. The molecular weight excluding hydrogens is 387 g/mol. The number of carbonyl (C=O) groups excluding carboxylic acids is 2. The number of aryl methyl sites for hydroxylation is 1. The van der Waals surface area contributed by atoms with Gasteiger partial charge in [-0.3, -0.25) is 9.59 Å². The second-order valence-corrected chi connectivity index (χ2v) is 7.36. The van der Waals surface area contributed by atoms with E-state index in [4.69, 9.17) is 4.42 Å². The van der Waals surface area contributed by atoms with Gasteiger partial charge < -0.3 is 19.6 Å². The summed E-state index contributed by atoms with van der Waals surface area (Å²) in [5, 5.41) is 2.67. The number of benzene rings is 1. The number of H-pyrrole nitrogens is 1. The molecule has 2 aromatic heterocycles. The SMILES string of the molecule is Cc1occc1C(=O)NCC(=O)N1CCCC[C@H]1c1ncc(-c2cccc(F)c2)[nH]1. The molecule has 3 aromatic rings. The fraction of sp³-hybridized carbons (Fsp3) is 0.318. The third-order valence-corrected chi connectivity index (χ3v) is 5.37. The lowest BCUT2D eigenvalue weighted by atomic mass is 10.0. The number of aromatic amines is 1. The minimum Gasteiger partial charge on any atom is -0.469 e. The van der Waals surface area contributed by atoms with Gasteiger partial charge in [-0.2, -0.15) is 0 Å². The van der Waals surface area contributed by atoms with E-state index < -0.39 is 0 Å². The Bertz CT molecular complexity index is 1060. The van der Waals surface area contributed by atoms with Crippen molar-refractivity contribution in [3.63, 3.8) is 0 Å². The molecule has 1 aliphatic rings. The summed E-state index contributed by atoms with van der Waals surface area (Å²) in [7, 11) is 0. The fourth-order valence-electron chi connectivity index (χ4n) is 3.80. The molecule has 1 aliphatic heterocycles. The number of hydrogen-bond acceptors (Lipinski definition) is 4. The van der Waals surface area contributed by atoms with Crippen molar-refractivity contribution in [3.8, 4) is 11.3 Å². The second kappa shape index (κ2) is 8.52. The predicted molar refractivity (Wildman–Crippen MR) is 108 cm³/mol. The molecule has 1 atom stereocenters. The molecule has 1 saturated heterocycles. The van der Waals surface area contributed by atoms with Gasteiger partial charge in [0.15, 0.2) is 0 Å². The van der Waals surface area contributed by atoms with Crippen LogP contribution in [0.5, 0.6) is 0 Å². The van der Waals surface area contributed by atoms with Crippen LogP contribution in [0.25, 0.3) is 11.3 Å². The van der Waals surface area contributed by atoms with Gasteiger partial charge >= 0.3 is 0 Å². The van der Waals surface area contributed by atoms with Crippen LogP contribution in [-0.2, 0) is 4.79 Å². The molecule has 30 heavy (non-hydrogen) atoms. The first-order valence-corrected chi connectivity index (χ1v) is 9.95. The first-order chi connectivity index (χ1) is 14.5. The van der Waals surface area contributed by atoms with Gasteiger partial charge in [0.1, 0.15) is 17.4 Å². The highest BCUT2D eigenvalue weighted by Crippen LogP contribution is 2.30. The van der Waals surface area contributed by atoms with E-state index in [1.165, 1.54) is 18.4 Å². The summed E-state index contributed by atoms with van der Waals surface area (Å²) < 4.78 is 18.7. The zero-order valence-electron chi connectivity index (χ0n) is 16.7. The van der Waals surface area contributed by atoms with E-state index in [1.807, 2.05) is 0 Å². The van der Waals surface area contributed by atoms with Crippen LogP contribution in [0.15, 0.2) is 47.2 Å². The molecule has 156 valence electrons. The maximum absolute atomic E-state index is 13.5. The van der Waals surface area contributed by atoms with Crippen molar-refractivity contribution in [1.29, 1.82) is 0 Å². The van der Waals surface area contributed by atoms with Crippen LogP contribution in [0.2, 0.25) is 0 Å². The van der Waals surface area contributed by atoms with E-state index in [1.54, 1.807) is 36.2 Å². The van der Waals surface area contributed by atoms with Crippen molar-refractivity contribution < 1.29 is 18.4 Å². The number of rotatable bonds is 5. The lowest BCUT2D eigenvalue weighted by Crippen LogP contribution is -2.44. The quantitative estimate of drug-likeness (QED) is 0.672. The van der Waals surface area contributed by atoms with E-state index >= 15 is 0 Å². The van der Waals surface area contributed by atoms with Crippen LogP contribution < -0.4 is 5.32 Å². The summed E-state index contributed by atoms with van der Waals surface area (Å²) in [5.41, 5.74) is 1.82. The standard InChI is InChI=1S/C22H23FN4O3/c1-14-17(8-10-30-14)22(29)25-13-20(28)27-9-3-2-7-19(27)21-24-12-18(26-21)15-5-4-6-16(23)11-15/h4-6,8,10-12,19H,2-3,7,9,13H2,1H3,(H,24,26)(H,25,29)/t19-/m0/s1. The van der Waals surface area contributed by atoms with E-state index in [0.29, 0.717) is 35.0 Å². The van der Waals surface area contributed by atoms with Crippen molar-refractivity contribution in [2.24, 2.45) is 0 Å². The van der Waals surface area contributed by atoms with Gasteiger partial charge in [0.05, 0.1) is 36.3 Å². The molecule has 2 amide bonds. The summed E-state index contributed by atoms with van der Waals surface area (Å²) >= 11 is 0. The van der Waals surface area contributed by atoms with E-state index in [2.05, 4.69) is 15.3 Å². The molecule has 0 saturated carbocycles. The molecule has 0 aliphatic carbocycles. The first kappa shape index (κ1) is 19.9. The van der Waals surface area contributed by atoms with Crippen LogP contribution in [0.1, 0.15) is 47.2 Å². The van der Waals surface area contributed by atoms with Gasteiger partial charge in [0.25, 0.3) is 5.91 Å². The summed E-state index contributed by atoms with van der Waals surface area (Å²) in [5.74, 6) is 0.352. The molecule has 1 fully saturated rings. The van der Waals surface area contributed by atoms with E-state index in [0.717, 1.165) is 19.3 Å². The third kappa shape index (κ3) is 4.12. The Balaban J connectivity index is 1.46. The number of imidazole rings is 1. The monoisotopic (exact) mass is 410 g/mol. The Morgan fingerprint density at radius 2 is 2.20 bits per heavy atom. The van der Waals surface area contributed by atoms with Gasteiger partial charge in [0, 0.05) is 12.1 Å². The first-order valence-electron chi connectivity index (χ1n) is 9.95. The maximum Gasteiger partial charge on any atom is 0.255 e. The molecule has 0 unspecified atom stereocenters. The molecule has 4 rings (SSSR count). The molecule has 8 heteroatoms. The van der Waals surface area contributed by atoms with E-state index in [-0.39, 0.29) is 30.2 Å². The number of likely N-dealkylation sites (tertiary alicyclic amines) is 1. The van der Waals surface area contributed by atoms with Crippen molar-refractivity contribution in [1.82, 2.24) is 20.2 Å². The third-order valence-electron chi connectivity index (χ3n) is 5.37. The molecule has 0 spiro atoms. The number of carbonyl (C=O) groups is 2. The molecule has 2 N–H and O–H groups in total. The summed E-state index contributed by atoms with van der Waals surface area (Å²) in [4.78, 5) is 34.6. The summed E-state index contributed by atoms with van der Waals surface area (Å²) in [6.07, 6.45) is 5.75. The van der Waals surface area contributed by atoms with Crippen LogP contribution >= 0.6 is 0 Å². The highest BCUT2D eigenvalue weighted by Gasteiger charge is 2.30. The number of piperidine rings is 1. The average molecular weight is 410 g/mol. The fourth-order valence-corrected chi connectivity index (χ4v) is 3.80. The van der Waals surface area contributed by atoms with Crippen LogP contribution in [0.4, 0.5) is 4.39 Å². The highest BCUT2D eigenvalue weighted by molar-refractivity contribution is 5.97. The van der Waals surface area contributed by atoms with Crippen LogP contribution in [0, 0.1) is 12.7 Å². The van der Waals surface area contributed by atoms with Crippen LogP contribution in [-0.4, -0.2) is 39.8 Å². The Kier molecular flexibility index (Phi) is 5.65. The van der Waals surface area contributed by atoms with Gasteiger partial charge in [-0.25, -0.2) is 9.37 Å². The molecule has 1 aromatic carbocycles. The zero-order chi connectivity index (χ0) is 21.1. The average Bonchev–Trinajstić information content (AvgIpc) is 3.41. The van der Waals surface area contributed by atoms with E-state index in [9.17, 15) is 14.0 Å². The predicted octanol–water partition coefficient (Wildman–Crippen LogP) is 3.60. The van der Waals surface area contributed by atoms with Crippen molar-refractivity contribution in [2.45, 2.75) is 32.2 Å². The Morgan fingerprint density at radius 3 is 2.97 bits per heavy atom. The van der Waals surface area contributed by atoms with Crippen molar-refractivity contribution in [3.05, 3.63) is 65.8 Å². The minimum atomic E-state index is -0.338. The smallest absolute Gasteiger partial charge is 0.255 e. The Morgan fingerprint density at radius 1 is 1.33 bits per heavy atom. The molecule has 7 nitrogen and oxygen atoms in total. The Labute approximate surface area is 173 Å².